The van der Waals surface area contributed by atoms with Crippen molar-refractivity contribution in [2.45, 2.75) is 11.8 Å². The Balaban J connectivity index is 2.64. The van der Waals surface area contributed by atoms with Crippen LogP contribution in [0, 0.1) is 0 Å². The van der Waals surface area contributed by atoms with Gasteiger partial charge in [-0.05, 0) is 24.3 Å². The number of sulfonamides is 1. The van der Waals surface area contributed by atoms with Gasteiger partial charge in [0, 0.05) is 32.6 Å². The maximum Gasteiger partial charge on any atom is 0.242 e. The molecule has 0 radical (unpaired) electrons. The molecule has 18 heavy (non-hydrogen) atoms. The summed E-state index contributed by atoms with van der Waals surface area (Å²) >= 11 is 0. The molecule has 0 atom stereocenters. The number of fused-ring (bicyclic) bond motifs is 1. The largest absolute Gasteiger partial charge is 0.287 e. The lowest BCUT2D eigenvalue weighted by molar-refractivity contribution is 0.0941. The van der Waals surface area contributed by atoms with E-state index in [1.165, 1.54) is 31.7 Å². The van der Waals surface area contributed by atoms with Gasteiger partial charge in [-0.3, -0.25) is 9.36 Å². The number of carbonyl (C=O) groups is 1. The summed E-state index contributed by atoms with van der Waals surface area (Å²) in [5.74, 6) is -0.104. The number of hydrogen-bond acceptors (Lipinski definition) is 3. The summed E-state index contributed by atoms with van der Waals surface area (Å²) < 4.78 is 26.6. The zero-order chi connectivity index (χ0) is 13.5. The highest BCUT2D eigenvalue weighted by atomic mass is 32.2. The van der Waals surface area contributed by atoms with Gasteiger partial charge in [0.05, 0.1) is 10.4 Å². The Labute approximate surface area is 106 Å². The van der Waals surface area contributed by atoms with Gasteiger partial charge >= 0.3 is 0 Å². The average Bonchev–Trinajstić information content (AvgIpc) is 2.71. The van der Waals surface area contributed by atoms with Crippen LogP contribution in [0.4, 0.5) is 0 Å². The van der Waals surface area contributed by atoms with Crippen molar-refractivity contribution in [3.05, 3.63) is 30.5 Å². The number of carbonyl (C=O) groups excluding carboxylic acids is 1. The lowest BCUT2D eigenvalue weighted by Crippen LogP contribution is -2.22. The summed E-state index contributed by atoms with van der Waals surface area (Å²) in [5.41, 5.74) is 0.709. The van der Waals surface area contributed by atoms with Crippen LogP contribution in [0.25, 0.3) is 10.9 Å². The fourth-order valence-electron chi connectivity index (χ4n) is 1.77. The summed E-state index contributed by atoms with van der Waals surface area (Å²) in [6, 6.07) is 6.46. The average molecular weight is 266 g/mol. The molecule has 0 amide bonds. The molecule has 2 aromatic rings. The molecule has 0 saturated carbocycles. The minimum absolute atomic E-state index is 0.104. The number of rotatable bonds is 2. The van der Waals surface area contributed by atoms with E-state index in [-0.39, 0.29) is 10.8 Å². The Morgan fingerprint density at radius 3 is 2.44 bits per heavy atom. The normalized spacial score (nSPS) is 12.2. The number of benzene rings is 1. The second-order valence-corrected chi connectivity index (χ2v) is 6.36. The smallest absolute Gasteiger partial charge is 0.242 e. The zero-order valence-electron chi connectivity index (χ0n) is 10.4. The Morgan fingerprint density at radius 2 is 1.89 bits per heavy atom. The Morgan fingerprint density at radius 1 is 1.22 bits per heavy atom. The summed E-state index contributed by atoms with van der Waals surface area (Å²) in [5, 5.41) is 0.730. The first-order valence-electron chi connectivity index (χ1n) is 5.38. The molecule has 0 saturated heterocycles. The van der Waals surface area contributed by atoms with Gasteiger partial charge in [-0.1, -0.05) is 0 Å². The molecule has 5 nitrogen and oxygen atoms in total. The molecular formula is C12H14N2O3S. The van der Waals surface area contributed by atoms with Crippen molar-refractivity contribution in [1.82, 2.24) is 8.87 Å². The van der Waals surface area contributed by atoms with Crippen LogP contribution in [0.2, 0.25) is 0 Å². The highest BCUT2D eigenvalue weighted by molar-refractivity contribution is 7.89. The van der Waals surface area contributed by atoms with Crippen LogP contribution in [0.15, 0.2) is 35.4 Å². The fourth-order valence-corrected chi connectivity index (χ4v) is 2.70. The van der Waals surface area contributed by atoms with Crippen LogP contribution in [-0.2, 0) is 10.0 Å². The predicted molar refractivity (Wildman–Crippen MR) is 69.1 cm³/mol. The van der Waals surface area contributed by atoms with Crippen molar-refractivity contribution in [1.29, 1.82) is 0 Å². The van der Waals surface area contributed by atoms with Crippen LogP contribution in [0.3, 0.4) is 0 Å². The zero-order valence-corrected chi connectivity index (χ0v) is 11.2. The molecule has 0 spiro atoms. The molecule has 2 rings (SSSR count). The summed E-state index contributed by atoms with van der Waals surface area (Å²) in [4.78, 5) is 11.6. The third-order valence-electron chi connectivity index (χ3n) is 2.78. The molecule has 0 aliphatic carbocycles. The SMILES string of the molecule is CC(=O)n1ccc2cc(S(=O)(=O)N(C)C)ccc21. The summed E-state index contributed by atoms with van der Waals surface area (Å²) in [7, 11) is -0.467. The molecule has 1 heterocycles. The van der Waals surface area contributed by atoms with Crippen LogP contribution in [-0.4, -0.2) is 37.3 Å². The Hall–Kier alpha value is -1.66. The van der Waals surface area contributed by atoms with Gasteiger partial charge in [0.25, 0.3) is 0 Å². The van der Waals surface area contributed by atoms with Gasteiger partial charge in [0.2, 0.25) is 15.9 Å². The molecule has 96 valence electrons. The highest BCUT2D eigenvalue weighted by Gasteiger charge is 2.18. The van der Waals surface area contributed by atoms with Gasteiger partial charge in [-0.2, -0.15) is 0 Å². The van der Waals surface area contributed by atoms with E-state index >= 15 is 0 Å². The number of hydrogen-bond donors (Lipinski definition) is 0. The van der Waals surface area contributed by atoms with Crippen LogP contribution < -0.4 is 0 Å². The predicted octanol–water partition coefficient (Wildman–Crippen LogP) is 1.55. The number of nitrogens with zero attached hydrogens (tertiary/aromatic N) is 2. The lowest BCUT2D eigenvalue weighted by Gasteiger charge is -2.11. The quantitative estimate of drug-likeness (QED) is 0.828. The fraction of sp³-hybridized carbons (Fsp3) is 0.250. The number of aromatic nitrogens is 1. The molecule has 0 fully saturated rings. The van der Waals surface area contributed by atoms with Crippen molar-refractivity contribution >= 4 is 26.8 Å². The van der Waals surface area contributed by atoms with Crippen LogP contribution in [0.1, 0.15) is 11.7 Å². The van der Waals surface area contributed by atoms with Crippen LogP contribution in [0.5, 0.6) is 0 Å². The topological polar surface area (TPSA) is 59.4 Å². The van der Waals surface area contributed by atoms with Gasteiger partial charge in [0.1, 0.15) is 0 Å². The summed E-state index contributed by atoms with van der Waals surface area (Å²) in [6.07, 6.45) is 1.64. The molecule has 0 N–H and O–H groups in total. The molecular weight excluding hydrogens is 252 g/mol. The third-order valence-corrected chi connectivity index (χ3v) is 4.59. The second-order valence-electron chi connectivity index (χ2n) is 4.21. The third kappa shape index (κ3) is 1.93. The standard InChI is InChI=1S/C12H14N2O3S/c1-9(15)14-7-6-10-8-11(4-5-12(10)14)18(16,17)13(2)3/h4-8H,1-3H3. The summed E-state index contributed by atoms with van der Waals surface area (Å²) in [6.45, 7) is 1.46. The van der Waals surface area contributed by atoms with Crippen molar-refractivity contribution < 1.29 is 13.2 Å². The molecule has 6 heteroatoms. The minimum Gasteiger partial charge on any atom is -0.287 e. The van der Waals surface area contributed by atoms with Gasteiger partial charge in [-0.25, -0.2) is 12.7 Å². The highest BCUT2D eigenvalue weighted by Crippen LogP contribution is 2.21. The first-order valence-corrected chi connectivity index (χ1v) is 6.82. The molecule has 1 aromatic heterocycles. The van der Waals surface area contributed by atoms with E-state index in [2.05, 4.69) is 0 Å². The molecule has 0 bridgehead atoms. The first-order chi connectivity index (χ1) is 8.34. The van der Waals surface area contributed by atoms with Crippen molar-refractivity contribution in [3.63, 3.8) is 0 Å². The molecule has 0 aliphatic heterocycles. The first kappa shape index (κ1) is 12.8. The van der Waals surface area contributed by atoms with Crippen molar-refractivity contribution in [2.75, 3.05) is 14.1 Å². The molecule has 0 aliphatic rings. The Bertz CT molecular complexity index is 714. The Kier molecular flexibility index (Phi) is 3.00. The minimum atomic E-state index is -3.44. The van der Waals surface area contributed by atoms with E-state index in [0.717, 1.165) is 9.69 Å². The van der Waals surface area contributed by atoms with Crippen LogP contribution >= 0.6 is 0 Å². The van der Waals surface area contributed by atoms with E-state index in [9.17, 15) is 13.2 Å². The van der Waals surface area contributed by atoms with E-state index in [1.807, 2.05) is 0 Å². The molecule has 0 unspecified atom stereocenters. The maximum atomic E-state index is 12.0. The maximum absolute atomic E-state index is 12.0. The van der Waals surface area contributed by atoms with Crippen molar-refractivity contribution in [3.8, 4) is 0 Å². The van der Waals surface area contributed by atoms with Gasteiger partial charge < -0.3 is 0 Å². The second kappa shape index (κ2) is 4.22. The van der Waals surface area contributed by atoms with E-state index < -0.39 is 10.0 Å². The van der Waals surface area contributed by atoms with Gasteiger partial charge in [-0.15, -0.1) is 0 Å². The van der Waals surface area contributed by atoms with Crippen molar-refractivity contribution in [2.24, 2.45) is 0 Å². The van der Waals surface area contributed by atoms with Gasteiger partial charge in [0.15, 0.2) is 0 Å². The molecule has 1 aromatic carbocycles. The van der Waals surface area contributed by atoms with E-state index in [0.29, 0.717) is 5.52 Å². The monoisotopic (exact) mass is 266 g/mol. The van der Waals surface area contributed by atoms with E-state index in [4.69, 9.17) is 0 Å². The van der Waals surface area contributed by atoms with E-state index in [1.54, 1.807) is 24.4 Å². The lowest BCUT2D eigenvalue weighted by atomic mass is 10.2.